The average molecular weight is 397 g/mol. The number of alkyl carbamates (subject to hydrolysis) is 1. The number of aromatic nitrogens is 1. The number of nitriles is 1. The van der Waals surface area contributed by atoms with Crippen LogP contribution in [0.15, 0.2) is 42.5 Å². The minimum absolute atomic E-state index is 0.0278. The summed E-state index contributed by atoms with van der Waals surface area (Å²) in [5, 5.41) is 12.6. The van der Waals surface area contributed by atoms with Crippen molar-refractivity contribution in [2.45, 2.75) is 38.8 Å². The minimum Gasteiger partial charge on any atom is -0.430 e. The predicted molar refractivity (Wildman–Crippen MR) is 107 cm³/mol. The first-order valence-electron chi connectivity index (χ1n) is 8.78. The van der Waals surface area contributed by atoms with Gasteiger partial charge in [-0.2, -0.15) is 5.26 Å². The van der Waals surface area contributed by atoms with Crippen LogP contribution in [0.25, 0.3) is 20.8 Å². The number of amides is 1. The van der Waals surface area contributed by atoms with Crippen LogP contribution in [-0.4, -0.2) is 22.7 Å². The Morgan fingerprint density at radius 3 is 2.71 bits per heavy atom. The number of hydrogen-bond donors (Lipinski definition) is 1. The maximum atomic E-state index is 14.6. The van der Waals surface area contributed by atoms with Crippen LogP contribution in [0.1, 0.15) is 26.3 Å². The van der Waals surface area contributed by atoms with Gasteiger partial charge in [-0.05, 0) is 44.5 Å². The third-order valence-corrected chi connectivity index (χ3v) is 4.96. The van der Waals surface area contributed by atoms with Gasteiger partial charge in [0.25, 0.3) is 0 Å². The number of halogens is 1. The van der Waals surface area contributed by atoms with Crippen LogP contribution >= 0.6 is 11.3 Å². The molecule has 7 heteroatoms. The SMILES string of the molecule is CC(C)(C)NC(=O)O[C@H](C#N)Cc1ccc(-c2nc3ccccc3s2)cc1F. The molecule has 0 aliphatic carbocycles. The van der Waals surface area contributed by atoms with Crippen molar-refractivity contribution < 1.29 is 13.9 Å². The lowest BCUT2D eigenvalue weighted by atomic mass is 10.1. The molecule has 0 aliphatic heterocycles. The van der Waals surface area contributed by atoms with Gasteiger partial charge in [-0.1, -0.05) is 24.3 Å². The lowest BCUT2D eigenvalue weighted by Gasteiger charge is -2.21. The molecule has 1 aromatic heterocycles. The largest absolute Gasteiger partial charge is 0.430 e. The Morgan fingerprint density at radius 1 is 1.32 bits per heavy atom. The van der Waals surface area contributed by atoms with Crippen molar-refractivity contribution in [3.63, 3.8) is 0 Å². The Bertz CT molecular complexity index is 1020. The number of benzene rings is 2. The highest BCUT2D eigenvalue weighted by Gasteiger charge is 2.20. The van der Waals surface area contributed by atoms with E-state index < -0.39 is 23.6 Å². The molecule has 1 atom stereocenters. The number of carbonyl (C=O) groups is 1. The van der Waals surface area contributed by atoms with E-state index in [1.165, 1.54) is 17.4 Å². The van der Waals surface area contributed by atoms with Crippen molar-refractivity contribution in [2.75, 3.05) is 0 Å². The van der Waals surface area contributed by atoms with Crippen molar-refractivity contribution in [1.29, 1.82) is 5.26 Å². The number of nitrogens with one attached hydrogen (secondary N) is 1. The van der Waals surface area contributed by atoms with E-state index in [-0.39, 0.29) is 6.42 Å². The fourth-order valence-corrected chi connectivity index (χ4v) is 3.58. The van der Waals surface area contributed by atoms with Crippen molar-refractivity contribution in [1.82, 2.24) is 10.3 Å². The van der Waals surface area contributed by atoms with Gasteiger partial charge in [-0.25, -0.2) is 14.2 Å². The van der Waals surface area contributed by atoms with Gasteiger partial charge in [0, 0.05) is 17.5 Å². The number of fused-ring (bicyclic) bond motifs is 1. The first kappa shape index (κ1) is 19.8. The standard InChI is InChI=1S/C21H20FN3O2S/c1-21(2,3)25-20(26)27-15(12-23)10-13-8-9-14(11-16(13)22)19-24-17-6-4-5-7-18(17)28-19/h4-9,11,15H,10H2,1-3H3,(H,25,26)/t15-/m0/s1. The Kier molecular flexibility index (Phi) is 5.61. The Labute approximate surface area is 166 Å². The van der Waals surface area contributed by atoms with E-state index in [0.717, 1.165) is 15.2 Å². The second kappa shape index (κ2) is 7.95. The molecule has 144 valence electrons. The summed E-state index contributed by atoms with van der Waals surface area (Å²) in [5.41, 5.74) is 1.36. The van der Waals surface area contributed by atoms with Gasteiger partial charge in [0.2, 0.25) is 0 Å². The van der Waals surface area contributed by atoms with Crippen molar-refractivity contribution in [2.24, 2.45) is 0 Å². The Morgan fingerprint density at radius 2 is 2.07 bits per heavy atom. The summed E-state index contributed by atoms with van der Waals surface area (Å²) in [4.78, 5) is 16.4. The topological polar surface area (TPSA) is 75.0 Å². The average Bonchev–Trinajstić information content (AvgIpc) is 3.05. The van der Waals surface area contributed by atoms with E-state index in [9.17, 15) is 14.4 Å². The summed E-state index contributed by atoms with van der Waals surface area (Å²) in [6.07, 6.45) is -1.81. The maximum absolute atomic E-state index is 14.6. The molecule has 28 heavy (non-hydrogen) atoms. The molecule has 0 radical (unpaired) electrons. The summed E-state index contributed by atoms with van der Waals surface area (Å²) >= 11 is 1.49. The molecule has 0 saturated carbocycles. The zero-order valence-electron chi connectivity index (χ0n) is 15.8. The van der Waals surface area contributed by atoms with Crippen molar-refractivity contribution >= 4 is 27.6 Å². The van der Waals surface area contributed by atoms with Crippen LogP contribution in [0, 0.1) is 17.1 Å². The van der Waals surface area contributed by atoms with E-state index >= 15 is 0 Å². The van der Waals surface area contributed by atoms with Gasteiger partial charge in [-0.3, -0.25) is 0 Å². The lowest BCUT2D eigenvalue weighted by Crippen LogP contribution is -2.42. The number of nitrogens with zero attached hydrogens (tertiary/aromatic N) is 2. The maximum Gasteiger partial charge on any atom is 0.408 e. The molecule has 2 aromatic carbocycles. The van der Waals surface area contributed by atoms with E-state index in [0.29, 0.717) is 11.1 Å². The van der Waals surface area contributed by atoms with Crippen LogP contribution < -0.4 is 5.32 Å². The first-order valence-corrected chi connectivity index (χ1v) is 9.59. The molecule has 5 nitrogen and oxygen atoms in total. The second-order valence-corrected chi connectivity index (χ2v) is 8.43. The molecule has 3 aromatic rings. The molecule has 0 unspecified atom stereocenters. The van der Waals surface area contributed by atoms with Gasteiger partial charge >= 0.3 is 6.09 Å². The summed E-state index contributed by atoms with van der Waals surface area (Å²) in [5.74, 6) is -0.461. The number of thiazole rings is 1. The van der Waals surface area contributed by atoms with E-state index in [2.05, 4.69) is 10.3 Å². The molecule has 3 rings (SSSR count). The number of carbonyl (C=O) groups excluding carboxylic acids is 1. The van der Waals surface area contributed by atoms with Crippen molar-refractivity contribution in [3.05, 3.63) is 53.8 Å². The van der Waals surface area contributed by atoms with E-state index in [1.54, 1.807) is 32.9 Å². The monoisotopic (exact) mass is 397 g/mol. The molecule has 1 N–H and O–H groups in total. The number of para-hydroxylation sites is 1. The highest BCUT2D eigenvalue weighted by Crippen LogP contribution is 2.31. The summed E-state index contributed by atoms with van der Waals surface area (Å²) in [7, 11) is 0. The van der Waals surface area contributed by atoms with E-state index in [4.69, 9.17) is 4.74 Å². The zero-order valence-corrected chi connectivity index (χ0v) is 16.6. The smallest absolute Gasteiger partial charge is 0.408 e. The third-order valence-electron chi connectivity index (χ3n) is 3.87. The van der Waals surface area contributed by atoms with Gasteiger partial charge in [-0.15, -0.1) is 11.3 Å². The fraction of sp³-hybridized carbons (Fsp3) is 0.286. The summed E-state index contributed by atoms with van der Waals surface area (Å²) in [6, 6.07) is 14.4. The Hall–Kier alpha value is -2.98. The minimum atomic E-state index is -1.08. The number of hydrogen-bond acceptors (Lipinski definition) is 5. The molecule has 1 amide bonds. The number of ether oxygens (including phenoxy) is 1. The van der Waals surface area contributed by atoms with Crippen LogP contribution in [-0.2, 0) is 11.2 Å². The Balaban J connectivity index is 1.74. The van der Waals surface area contributed by atoms with Crippen molar-refractivity contribution in [3.8, 4) is 16.6 Å². The quantitative estimate of drug-likeness (QED) is 0.667. The molecule has 0 spiro atoms. The van der Waals surface area contributed by atoms with Crippen LogP contribution in [0.5, 0.6) is 0 Å². The highest BCUT2D eigenvalue weighted by atomic mass is 32.1. The molecule has 0 aliphatic rings. The second-order valence-electron chi connectivity index (χ2n) is 7.40. The summed E-state index contributed by atoms with van der Waals surface area (Å²) < 4.78 is 20.7. The van der Waals surface area contributed by atoms with Gasteiger partial charge < -0.3 is 10.1 Å². The number of rotatable bonds is 4. The van der Waals surface area contributed by atoms with Crippen LogP contribution in [0.2, 0.25) is 0 Å². The van der Waals surface area contributed by atoms with Crippen LogP contribution in [0.4, 0.5) is 9.18 Å². The lowest BCUT2D eigenvalue weighted by molar-refractivity contribution is 0.114. The molecule has 0 fully saturated rings. The molecular weight excluding hydrogens is 377 g/mol. The predicted octanol–water partition coefficient (Wildman–Crippen LogP) is 5.06. The third kappa shape index (κ3) is 4.84. The van der Waals surface area contributed by atoms with Gasteiger partial charge in [0.15, 0.2) is 6.10 Å². The molecule has 1 heterocycles. The molecule has 0 bridgehead atoms. The van der Waals surface area contributed by atoms with Gasteiger partial charge in [0.05, 0.1) is 10.2 Å². The van der Waals surface area contributed by atoms with Crippen LogP contribution in [0.3, 0.4) is 0 Å². The normalized spacial score (nSPS) is 12.4. The van der Waals surface area contributed by atoms with Gasteiger partial charge in [0.1, 0.15) is 16.9 Å². The summed E-state index contributed by atoms with van der Waals surface area (Å²) in [6.45, 7) is 5.40. The first-order chi connectivity index (χ1) is 13.2. The molecular formula is C21H20FN3O2S. The molecule has 0 saturated heterocycles. The van der Waals surface area contributed by atoms with E-state index in [1.807, 2.05) is 30.3 Å². The highest BCUT2D eigenvalue weighted by molar-refractivity contribution is 7.21. The zero-order chi connectivity index (χ0) is 20.3. The fourth-order valence-electron chi connectivity index (χ4n) is 2.62.